The smallest absolute Gasteiger partial charge is 0.460 e. The molecule has 3 heterocycles. The maximum Gasteiger partial charge on any atom is 0.528 e. The lowest BCUT2D eigenvalue weighted by Crippen LogP contribution is -2.46. The molecule has 3 N–H and O–H groups in total. The van der Waals surface area contributed by atoms with E-state index in [2.05, 4.69) is 39.9 Å². The van der Waals surface area contributed by atoms with E-state index in [0.717, 1.165) is 60.8 Å². The molecule has 0 aliphatic carbocycles. The summed E-state index contributed by atoms with van der Waals surface area (Å²) in [6.07, 6.45) is 4.46. The fourth-order valence-corrected chi connectivity index (χ4v) is 7.92. The summed E-state index contributed by atoms with van der Waals surface area (Å²) >= 11 is 0. The molecular weight excluding hydrogens is 717 g/mol. The predicted octanol–water partition coefficient (Wildman–Crippen LogP) is 6.71. The number of hydrogen-bond donors (Lipinski definition) is 2. The Hall–Kier alpha value is -5.46. The second-order valence-electron chi connectivity index (χ2n) is 13.2. The van der Waals surface area contributed by atoms with Crippen LogP contribution in [0.1, 0.15) is 35.3 Å². The molecule has 0 radical (unpaired) electrons. The normalized spacial score (nSPS) is 15.0. The molecule has 1 aliphatic heterocycles. The Bertz CT molecular complexity index is 2080. The van der Waals surface area contributed by atoms with E-state index in [1.54, 1.807) is 56.7 Å². The van der Waals surface area contributed by atoms with Crippen LogP contribution in [-0.2, 0) is 20.6 Å². The van der Waals surface area contributed by atoms with Crippen LogP contribution in [0.5, 0.6) is 5.75 Å². The van der Waals surface area contributed by atoms with Gasteiger partial charge >= 0.3 is 13.6 Å². The first-order chi connectivity index (χ1) is 26.7. The standard InChI is InChI=1S/C41H46N7O6P/c1-4-52-40(50)31(3)53-55(51,54-36-10-6-5-7-11-36)26-25-47-21-23-48(24-22-47)29-32-13-15-33(16-14-32)39(49)44-35-17-12-30(2)38(27-35)46-41-43-20-18-37(45-41)34-9-8-19-42-28-34/h5-20,27-28,31H,4,21-26,29H2,1-3H3,(H,44,49)(H,43,45,46)/p+1/t31-,55?/m1/s1. The van der Waals surface area contributed by atoms with E-state index in [-0.39, 0.29) is 18.7 Å². The van der Waals surface area contributed by atoms with Crippen LogP contribution in [0.4, 0.5) is 17.3 Å². The van der Waals surface area contributed by atoms with Crippen LogP contribution < -0.4 is 15.2 Å². The molecule has 1 saturated heterocycles. The highest BCUT2D eigenvalue weighted by Crippen LogP contribution is 2.47. The van der Waals surface area contributed by atoms with Crippen molar-refractivity contribution in [2.75, 3.05) is 56.1 Å². The topological polar surface area (TPSA) is 152 Å². The third-order valence-corrected chi connectivity index (χ3v) is 11.1. The highest BCUT2D eigenvalue weighted by atomic mass is 31.2. The van der Waals surface area contributed by atoms with Crippen molar-refractivity contribution >= 4 is 36.8 Å². The van der Waals surface area contributed by atoms with E-state index in [1.807, 2.05) is 73.7 Å². The number of nitrogens with one attached hydrogen (secondary N) is 2. The summed E-state index contributed by atoms with van der Waals surface area (Å²) in [5.74, 6) is 0.164. The Labute approximate surface area is 321 Å². The van der Waals surface area contributed by atoms with Gasteiger partial charge in [0.05, 0.1) is 12.3 Å². The molecule has 13 nitrogen and oxygen atoms in total. The van der Waals surface area contributed by atoms with Gasteiger partial charge in [0.2, 0.25) is 5.95 Å². The number of amides is 1. The van der Waals surface area contributed by atoms with E-state index in [0.29, 0.717) is 29.5 Å². The fraction of sp³-hybridized carbons (Fsp3) is 0.293. The minimum atomic E-state index is -3.55. The number of piperazine rings is 1. The lowest BCUT2D eigenvalue weighted by molar-refractivity contribution is -0.157. The highest BCUT2D eigenvalue weighted by Gasteiger charge is 2.39. The van der Waals surface area contributed by atoms with Crippen molar-refractivity contribution in [3.63, 3.8) is 0 Å². The average molecular weight is 765 g/mol. The van der Waals surface area contributed by atoms with Gasteiger partial charge in [-0.1, -0.05) is 36.4 Å². The number of para-hydroxylation sites is 1. The summed E-state index contributed by atoms with van der Waals surface area (Å²) in [5, 5.41) is 6.29. The zero-order valence-corrected chi connectivity index (χ0v) is 32.2. The second kappa shape index (κ2) is 18.7. The Morgan fingerprint density at radius 2 is 1.69 bits per heavy atom. The molecule has 3 aromatic carbocycles. The summed E-state index contributed by atoms with van der Waals surface area (Å²) in [7, 11) is -3.55. The summed E-state index contributed by atoms with van der Waals surface area (Å²) in [5.41, 5.74) is 5.71. The summed E-state index contributed by atoms with van der Waals surface area (Å²) in [4.78, 5) is 43.3. The Morgan fingerprint density at radius 3 is 2.42 bits per heavy atom. The zero-order chi connectivity index (χ0) is 38.6. The monoisotopic (exact) mass is 764 g/mol. The zero-order valence-electron chi connectivity index (χ0n) is 31.3. The van der Waals surface area contributed by atoms with E-state index in [9.17, 15) is 14.2 Å². The van der Waals surface area contributed by atoms with Gasteiger partial charge in [0.25, 0.3) is 12.0 Å². The number of anilines is 3. The van der Waals surface area contributed by atoms with Gasteiger partial charge in [-0.05, 0) is 79.6 Å². The summed E-state index contributed by atoms with van der Waals surface area (Å²) in [6.45, 7) is 9.99. The Morgan fingerprint density at radius 1 is 0.927 bits per heavy atom. The lowest BCUT2D eigenvalue weighted by Gasteiger charge is -2.34. The van der Waals surface area contributed by atoms with Crippen LogP contribution in [0.25, 0.3) is 11.3 Å². The number of aliphatic hydroxyl groups is 1. The number of aromatic nitrogens is 3. The molecule has 6 rings (SSSR count). The second-order valence-corrected chi connectivity index (χ2v) is 15.4. The van der Waals surface area contributed by atoms with Crippen molar-refractivity contribution in [3.05, 3.63) is 126 Å². The third kappa shape index (κ3) is 11.3. The number of carbonyl (C=O) groups excluding carboxylic acids is 2. The third-order valence-electron chi connectivity index (χ3n) is 9.11. The van der Waals surface area contributed by atoms with Gasteiger partial charge in [0, 0.05) is 87.3 Å². The predicted molar refractivity (Wildman–Crippen MR) is 214 cm³/mol. The molecular formula is C41H47N7O6P+. The SMILES string of the molecule is CCOC(=O)[C@@H](C)[OH+]P(=O)(CCN1CCN(Cc2ccc(C(=O)Nc3ccc(C)c(Nc4nccc(-c5cccnc5)n4)c3)cc2)CC1)Oc1ccccc1. The van der Waals surface area contributed by atoms with Crippen molar-refractivity contribution in [2.24, 2.45) is 0 Å². The van der Waals surface area contributed by atoms with E-state index >= 15 is 0 Å². The molecule has 0 spiro atoms. The number of aryl methyl sites for hydroxylation is 1. The largest absolute Gasteiger partial charge is 0.528 e. The van der Waals surface area contributed by atoms with E-state index in [4.69, 9.17) is 9.26 Å². The average Bonchev–Trinajstić information content (AvgIpc) is 3.20. The van der Waals surface area contributed by atoms with Crippen molar-refractivity contribution in [1.82, 2.24) is 24.8 Å². The minimum absolute atomic E-state index is 0.185. The summed E-state index contributed by atoms with van der Waals surface area (Å²) in [6, 6.07) is 27.9. The maximum absolute atomic E-state index is 13.9. The number of ether oxygens (including phenoxy) is 1. The van der Waals surface area contributed by atoms with Gasteiger partial charge in [-0.3, -0.25) is 19.6 Å². The van der Waals surface area contributed by atoms with Crippen molar-refractivity contribution in [3.8, 4) is 17.0 Å². The number of rotatable bonds is 16. The molecule has 1 aliphatic rings. The molecule has 1 fully saturated rings. The lowest BCUT2D eigenvalue weighted by atomic mass is 10.1. The number of carbonyl (C=O) groups is 2. The molecule has 14 heteroatoms. The molecule has 2 atom stereocenters. The number of pyridine rings is 1. The van der Waals surface area contributed by atoms with Crippen LogP contribution in [0.15, 0.2) is 110 Å². The quantitative estimate of drug-likeness (QED) is 0.0627. The molecule has 286 valence electrons. The van der Waals surface area contributed by atoms with Crippen LogP contribution in [0.2, 0.25) is 0 Å². The first kappa shape index (κ1) is 39.2. The Kier molecular flexibility index (Phi) is 13.4. The van der Waals surface area contributed by atoms with Gasteiger partial charge in [0.15, 0.2) is 0 Å². The fourth-order valence-electron chi connectivity index (χ4n) is 6.06. The number of hydrogen-bond acceptors (Lipinski definition) is 11. The molecule has 0 saturated carbocycles. The van der Waals surface area contributed by atoms with Gasteiger partial charge in [0.1, 0.15) is 11.9 Å². The van der Waals surface area contributed by atoms with Crippen LogP contribution in [0, 0.1) is 6.92 Å². The van der Waals surface area contributed by atoms with Crippen molar-refractivity contribution in [1.29, 1.82) is 0 Å². The number of nitrogens with zero attached hydrogens (tertiary/aromatic N) is 5. The summed E-state index contributed by atoms with van der Waals surface area (Å²) < 4.78 is 29.2. The molecule has 1 amide bonds. The van der Waals surface area contributed by atoms with Crippen molar-refractivity contribution < 1.29 is 27.9 Å². The molecule has 2 aromatic heterocycles. The highest BCUT2D eigenvalue weighted by molar-refractivity contribution is 7.53. The van der Waals surface area contributed by atoms with Crippen LogP contribution in [0.3, 0.4) is 0 Å². The van der Waals surface area contributed by atoms with Gasteiger partial charge in [-0.25, -0.2) is 14.8 Å². The molecule has 1 unspecified atom stereocenters. The minimum Gasteiger partial charge on any atom is -0.460 e. The first-order valence-electron chi connectivity index (χ1n) is 18.4. The maximum atomic E-state index is 13.9. The van der Waals surface area contributed by atoms with E-state index in [1.165, 1.54) is 0 Å². The van der Waals surface area contributed by atoms with Crippen LogP contribution >= 0.6 is 7.60 Å². The molecule has 55 heavy (non-hydrogen) atoms. The number of esters is 1. The number of benzene rings is 3. The van der Waals surface area contributed by atoms with Crippen molar-refractivity contribution in [2.45, 2.75) is 33.4 Å². The van der Waals surface area contributed by atoms with E-state index < -0.39 is 19.7 Å². The van der Waals surface area contributed by atoms with Gasteiger partial charge in [-0.15, -0.1) is 0 Å². The van der Waals surface area contributed by atoms with Gasteiger partial charge < -0.3 is 24.4 Å². The Balaban J connectivity index is 0.985. The first-order valence-corrected chi connectivity index (χ1v) is 20.1. The molecule has 0 bridgehead atoms. The molecule has 5 aromatic rings. The van der Waals surface area contributed by atoms with Gasteiger partial charge in [-0.2, -0.15) is 4.57 Å². The van der Waals surface area contributed by atoms with Crippen LogP contribution in [-0.4, -0.2) is 92.7 Å².